The lowest BCUT2D eigenvalue weighted by molar-refractivity contribution is 0.0950. The number of amides is 1. The molecule has 22 heavy (non-hydrogen) atoms. The van der Waals surface area contributed by atoms with Gasteiger partial charge in [0.25, 0.3) is 5.91 Å². The fourth-order valence-corrected chi connectivity index (χ4v) is 2.26. The molecule has 2 aromatic heterocycles. The molecule has 6 heteroatoms. The van der Waals surface area contributed by atoms with Gasteiger partial charge in [-0.25, -0.2) is 4.68 Å². The highest BCUT2D eigenvalue weighted by Gasteiger charge is 2.10. The van der Waals surface area contributed by atoms with E-state index in [2.05, 4.69) is 15.5 Å². The van der Waals surface area contributed by atoms with Gasteiger partial charge in [-0.05, 0) is 25.1 Å². The van der Waals surface area contributed by atoms with Gasteiger partial charge in [0, 0.05) is 13.2 Å². The fraction of sp³-hybridized carbons (Fsp3) is 0.188. The van der Waals surface area contributed by atoms with Gasteiger partial charge in [0.15, 0.2) is 0 Å². The predicted octanol–water partition coefficient (Wildman–Crippen LogP) is 1.84. The minimum absolute atomic E-state index is 0.152. The van der Waals surface area contributed by atoms with E-state index >= 15 is 0 Å². The van der Waals surface area contributed by atoms with E-state index in [4.69, 9.17) is 0 Å². The van der Waals surface area contributed by atoms with Crippen LogP contribution in [0.1, 0.15) is 21.7 Å². The van der Waals surface area contributed by atoms with E-state index in [0.29, 0.717) is 12.1 Å². The van der Waals surface area contributed by atoms with Crippen LogP contribution < -0.4 is 5.32 Å². The van der Waals surface area contributed by atoms with Crippen molar-refractivity contribution in [1.82, 2.24) is 24.9 Å². The second-order valence-electron chi connectivity index (χ2n) is 5.09. The number of carbonyl (C=O) groups is 1. The summed E-state index contributed by atoms with van der Waals surface area (Å²) >= 11 is 0. The Morgan fingerprint density at radius 3 is 2.73 bits per heavy atom. The zero-order valence-corrected chi connectivity index (χ0v) is 12.5. The average molecular weight is 295 g/mol. The second kappa shape index (κ2) is 5.85. The molecule has 0 atom stereocenters. The minimum atomic E-state index is -0.152. The lowest BCUT2D eigenvalue weighted by Crippen LogP contribution is -2.23. The van der Waals surface area contributed by atoms with Crippen molar-refractivity contribution < 1.29 is 4.79 Å². The molecule has 0 radical (unpaired) electrons. The molecule has 6 nitrogen and oxygen atoms in total. The molecule has 0 unspecified atom stereocenters. The molecule has 0 saturated heterocycles. The number of para-hydroxylation sites is 1. The van der Waals surface area contributed by atoms with Crippen molar-refractivity contribution >= 4 is 5.91 Å². The number of carbonyl (C=O) groups excluding carboxylic acids is 1. The third-order valence-corrected chi connectivity index (χ3v) is 3.39. The maximum Gasteiger partial charge on any atom is 0.254 e. The first-order chi connectivity index (χ1) is 10.6. The standard InChI is InChI=1S/C16H17N5O/c1-12-8-15(20(2)19-12)10-17-16(22)13-9-18-21(11-13)14-6-4-3-5-7-14/h3-9,11H,10H2,1-2H3,(H,17,22). The van der Waals surface area contributed by atoms with Crippen LogP contribution in [0.25, 0.3) is 5.69 Å². The Kier molecular flexibility index (Phi) is 3.74. The zero-order chi connectivity index (χ0) is 15.5. The molecule has 3 aromatic rings. The Labute approximate surface area is 128 Å². The van der Waals surface area contributed by atoms with Crippen molar-refractivity contribution in [1.29, 1.82) is 0 Å². The van der Waals surface area contributed by atoms with Gasteiger partial charge in [0.2, 0.25) is 0 Å². The molecular formula is C16H17N5O. The second-order valence-corrected chi connectivity index (χ2v) is 5.09. The average Bonchev–Trinajstić information content (AvgIpc) is 3.12. The van der Waals surface area contributed by atoms with Crippen molar-refractivity contribution in [3.05, 3.63) is 65.7 Å². The third-order valence-electron chi connectivity index (χ3n) is 3.39. The molecule has 0 aliphatic heterocycles. The molecular weight excluding hydrogens is 278 g/mol. The van der Waals surface area contributed by atoms with Crippen LogP contribution in [0.5, 0.6) is 0 Å². The number of rotatable bonds is 4. The Hall–Kier alpha value is -2.89. The van der Waals surface area contributed by atoms with Crippen LogP contribution in [-0.4, -0.2) is 25.5 Å². The first kappa shape index (κ1) is 14.1. The molecule has 1 aromatic carbocycles. The number of aromatic nitrogens is 4. The SMILES string of the molecule is Cc1cc(CNC(=O)c2cnn(-c3ccccc3)c2)n(C)n1. The topological polar surface area (TPSA) is 64.7 Å². The Balaban J connectivity index is 1.68. The molecule has 1 amide bonds. The lowest BCUT2D eigenvalue weighted by Gasteiger charge is -2.03. The van der Waals surface area contributed by atoms with Crippen molar-refractivity contribution in [3.63, 3.8) is 0 Å². The van der Waals surface area contributed by atoms with Gasteiger partial charge >= 0.3 is 0 Å². The molecule has 1 N–H and O–H groups in total. The van der Waals surface area contributed by atoms with E-state index in [9.17, 15) is 4.79 Å². The molecule has 0 saturated carbocycles. The number of hydrogen-bond acceptors (Lipinski definition) is 3. The molecule has 0 aliphatic rings. The smallest absolute Gasteiger partial charge is 0.254 e. The highest BCUT2D eigenvalue weighted by atomic mass is 16.1. The van der Waals surface area contributed by atoms with Gasteiger partial charge in [0.1, 0.15) is 0 Å². The van der Waals surface area contributed by atoms with Crippen LogP contribution in [0, 0.1) is 6.92 Å². The maximum atomic E-state index is 12.2. The molecule has 0 aliphatic carbocycles. The summed E-state index contributed by atoms with van der Waals surface area (Å²) in [5, 5.41) is 11.4. The van der Waals surface area contributed by atoms with Crippen LogP contribution in [0.3, 0.4) is 0 Å². The molecule has 0 spiro atoms. The van der Waals surface area contributed by atoms with Crippen molar-refractivity contribution in [2.45, 2.75) is 13.5 Å². The van der Waals surface area contributed by atoms with Gasteiger partial charge in [0.05, 0.1) is 35.4 Å². The molecule has 0 fully saturated rings. The fourth-order valence-electron chi connectivity index (χ4n) is 2.26. The molecule has 0 bridgehead atoms. The van der Waals surface area contributed by atoms with Crippen molar-refractivity contribution in [2.75, 3.05) is 0 Å². The summed E-state index contributed by atoms with van der Waals surface area (Å²) in [5.74, 6) is -0.152. The van der Waals surface area contributed by atoms with Crippen LogP contribution in [-0.2, 0) is 13.6 Å². The number of hydrogen-bond donors (Lipinski definition) is 1. The van der Waals surface area contributed by atoms with Gasteiger partial charge in [-0.1, -0.05) is 18.2 Å². The largest absolute Gasteiger partial charge is 0.346 e. The summed E-state index contributed by atoms with van der Waals surface area (Å²) in [6.45, 7) is 2.36. The van der Waals surface area contributed by atoms with E-state index < -0.39 is 0 Å². The van der Waals surface area contributed by atoms with E-state index in [0.717, 1.165) is 17.1 Å². The van der Waals surface area contributed by atoms with E-state index in [1.807, 2.05) is 50.4 Å². The number of aryl methyl sites for hydroxylation is 2. The quantitative estimate of drug-likeness (QED) is 0.799. The van der Waals surface area contributed by atoms with Gasteiger partial charge in [-0.15, -0.1) is 0 Å². The van der Waals surface area contributed by atoms with Crippen molar-refractivity contribution in [2.24, 2.45) is 7.05 Å². The first-order valence-corrected chi connectivity index (χ1v) is 7.01. The number of benzene rings is 1. The Bertz CT molecular complexity index is 788. The zero-order valence-electron chi connectivity index (χ0n) is 12.5. The normalized spacial score (nSPS) is 10.6. The van der Waals surface area contributed by atoms with Gasteiger partial charge < -0.3 is 5.32 Å². The van der Waals surface area contributed by atoms with Crippen LogP contribution in [0.4, 0.5) is 0 Å². The van der Waals surface area contributed by atoms with Crippen molar-refractivity contribution in [3.8, 4) is 5.69 Å². The number of nitrogens with one attached hydrogen (secondary N) is 1. The lowest BCUT2D eigenvalue weighted by atomic mass is 10.3. The van der Waals surface area contributed by atoms with Gasteiger partial charge in [-0.3, -0.25) is 9.48 Å². The summed E-state index contributed by atoms with van der Waals surface area (Å²) in [6, 6.07) is 11.6. The van der Waals surface area contributed by atoms with Crippen LogP contribution >= 0.6 is 0 Å². The third kappa shape index (κ3) is 2.90. The summed E-state index contributed by atoms with van der Waals surface area (Å²) in [7, 11) is 1.86. The predicted molar refractivity (Wildman–Crippen MR) is 82.7 cm³/mol. The van der Waals surface area contributed by atoms with E-state index in [-0.39, 0.29) is 5.91 Å². The Morgan fingerprint density at radius 1 is 1.27 bits per heavy atom. The highest BCUT2D eigenvalue weighted by molar-refractivity contribution is 5.93. The monoisotopic (exact) mass is 295 g/mol. The first-order valence-electron chi connectivity index (χ1n) is 7.01. The maximum absolute atomic E-state index is 12.2. The van der Waals surface area contributed by atoms with E-state index in [1.54, 1.807) is 21.8 Å². The molecule has 3 rings (SSSR count). The van der Waals surface area contributed by atoms with Crippen LogP contribution in [0.2, 0.25) is 0 Å². The summed E-state index contributed by atoms with van der Waals surface area (Å²) in [4.78, 5) is 12.2. The van der Waals surface area contributed by atoms with Gasteiger partial charge in [-0.2, -0.15) is 10.2 Å². The molecule has 2 heterocycles. The molecule has 112 valence electrons. The summed E-state index contributed by atoms with van der Waals surface area (Å²) < 4.78 is 3.45. The minimum Gasteiger partial charge on any atom is -0.346 e. The number of nitrogens with zero attached hydrogens (tertiary/aromatic N) is 4. The van der Waals surface area contributed by atoms with Crippen LogP contribution in [0.15, 0.2) is 48.8 Å². The highest BCUT2D eigenvalue weighted by Crippen LogP contribution is 2.08. The summed E-state index contributed by atoms with van der Waals surface area (Å²) in [5.41, 5.74) is 3.34. The van der Waals surface area contributed by atoms with E-state index in [1.165, 1.54) is 0 Å². The summed E-state index contributed by atoms with van der Waals surface area (Å²) in [6.07, 6.45) is 3.29. The Morgan fingerprint density at radius 2 is 2.05 bits per heavy atom.